The summed E-state index contributed by atoms with van der Waals surface area (Å²) in [4.78, 5) is 0. The number of aliphatic hydroxyl groups is 2. The molecule has 70 valence electrons. The third-order valence-electron chi connectivity index (χ3n) is 0.843. The molecule has 0 amide bonds. The van der Waals surface area contributed by atoms with Gasteiger partial charge in [0, 0.05) is 23.0 Å². The van der Waals surface area contributed by atoms with Crippen LogP contribution in [0.2, 0.25) is 0 Å². The van der Waals surface area contributed by atoms with Crippen molar-refractivity contribution < 1.29 is 10.2 Å². The summed E-state index contributed by atoms with van der Waals surface area (Å²) >= 11 is 3.50. The Bertz CT molecular complexity index is 58.5. The number of thioether (sulfide) groups is 2. The molecule has 0 aromatic rings. The molecule has 0 atom stereocenters. The molecule has 2 N–H and O–H groups in total. The fourth-order valence-electron chi connectivity index (χ4n) is 0.451. The second-order valence-electron chi connectivity index (χ2n) is 1.67. The van der Waals surface area contributed by atoms with Gasteiger partial charge in [0.15, 0.2) is 0 Å². The zero-order valence-corrected chi connectivity index (χ0v) is 8.81. The van der Waals surface area contributed by atoms with E-state index in [1.165, 1.54) is 0 Å². The van der Waals surface area contributed by atoms with E-state index in [4.69, 9.17) is 10.2 Å². The maximum Gasteiger partial charge on any atom is 0.0521 e. The SMILES string of the molecule is Cl.OCCSCCSCCO. The second kappa shape index (κ2) is 13.5. The van der Waals surface area contributed by atoms with Crippen LogP contribution in [-0.2, 0) is 0 Å². The minimum atomic E-state index is 0. The van der Waals surface area contributed by atoms with Crippen molar-refractivity contribution in [2.24, 2.45) is 0 Å². The lowest BCUT2D eigenvalue weighted by Crippen LogP contribution is -1.93. The molecule has 0 radical (unpaired) electrons. The molecule has 0 aromatic carbocycles. The van der Waals surface area contributed by atoms with Crippen LogP contribution in [0.1, 0.15) is 0 Å². The molecule has 0 saturated heterocycles. The van der Waals surface area contributed by atoms with Crippen molar-refractivity contribution in [3.63, 3.8) is 0 Å². The second-order valence-corrected chi connectivity index (χ2v) is 4.12. The van der Waals surface area contributed by atoms with Crippen molar-refractivity contribution in [3.8, 4) is 0 Å². The van der Waals surface area contributed by atoms with Crippen molar-refractivity contribution in [3.05, 3.63) is 0 Å². The molecule has 0 aromatic heterocycles. The molecule has 0 aliphatic carbocycles. The van der Waals surface area contributed by atoms with Crippen LogP contribution in [0.4, 0.5) is 0 Å². The Morgan fingerprint density at radius 1 is 0.727 bits per heavy atom. The maximum absolute atomic E-state index is 8.40. The van der Waals surface area contributed by atoms with Gasteiger partial charge in [-0.25, -0.2) is 0 Å². The molecular weight excluding hydrogens is 204 g/mol. The summed E-state index contributed by atoms with van der Waals surface area (Å²) in [5, 5.41) is 16.8. The molecule has 0 aliphatic rings. The third-order valence-corrected chi connectivity index (χ3v) is 3.03. The highest BCUT2D eigenvalue weighted by Gasteiger charge is 1.88. The zero-order chi connectivity index (χ0) is 7.66. The fraction of sp³-hybridized carbons (Fsp3) is 1.00. The lowest BCUT2D eigenvalue weighted by atomic mass is 10.9. The molecule has 0 unspecified atom stereocenters. The summed E-state index contributed by atoms with van der Waals surface area (Å²) in [5.74, 6) is 3.82. The number of rotatable bonds is 7. The van der Waals surface area contributed by atoms with Gasteiger partial charge in [-0.2, -0.15) is 23.5 Å². The molecule has 0 fully saturated rings. The summed E-state index contributed by atoms with van der Waals surface area (Å²) in [6.07, 6.45) is 0. The van der Waals surface area contributed by atoms with Crippen LogP contribution >= 0.6 is 35.9 Å². The van der Waals surface area contributed by atoms with E-state index in [1.54, 1.807) is 23.5 Å². The van der Waals surface area contributed by atoms with Crippen LogP contribution in [0.25, 0.3) is 0 Å². The first-order chi connectivity index (χ1) is 4.91. The van der Waals surface area contributed by atoms with E-state index in [0.29, 0.717) is 0 Å². The predicted molar refractivity (Wildman–Crippen MR) is 56.1 cm³/mol. The fourth-order valence-corrected chi connectivity index (χ4v) is 2.06. The van der Waals surface area contributed by atoms with Gasteiger partial charge in [-0.1, -0.05) is 0 Å². The molecule has 0 aliphatic heterocycles. The lowest BCUT2D eigenvalue weighted by Gasteiger charge is -1.97. The van der Waals surface area contributed by atoms with Crippen molar-refractivity contribution in [1.29, 1.82) is 0 Å². The summed E-state index contributed by atoms with van der Waals surface area (Å²) in [5.41, 5.74) is 0. The van der Waals surface area contributed by atoms with Gasteiger partial charge < -0.3 is 10.2 Å². The molecular formula is C6H15ClO2S2. The molecule has 0 spiro atoms. The van der Waals surface area contributed by atoms with E-state index in [0.717, 1.165) is 23.0 Å². The first kappa shape index (κ1) is 14.4. The Hall–Kier alpha value is 0.910. The normalized spacial score (nSPS) is 9.27. The first-order valence-corrected chi connectivity index (χ1v) is 5.60. The summed E-state index contributed by atoms with van der Waals surface area (Å²) in [6.45, 7) is 0.546. The van der Waals surface area contributed by atoms with Crippen molar-refractivity contribution >= 4 is 35.9 Å². The molecule has 2 nitrogen and oxygen atoms in total. The lowest BCUT2D eigenvalue weighted by molar-refractivity contribution is 0.322. The highest BCUT2D eigenvalue weighted by atomic mass is 35.5. The highest BCUT2D eigenvalue weighted by Crippen LogP contribution is 2.05. The van der Waals surface area contributed by atoms with Crippen molar-refractivity contribution in [2.75, 3.05) is 36.2 Å². The predicted octanol–water partition coefficient (Wildman–Crippen LogP) is 0.859. The van der Waals surface area contributed by atoms with Gasteiger partial charge in [-0.15, -0.1) is 12.4 Å². The zero-order valence-electron chi connectivity index (χ0n) is 6.36. The van der Waals surface area contributed by atoms with Crippen LogP contribution < -0.4 is 0 Å². The summed E-state index contributed by atoms with van der Waals surface area (Å²) < 4.78 is 0. The van der Waals surface area contributed by atoms with Gasteiger partial charge in [-0.3, -0.25) is 0 Å². The number of hydrogen-bond donors (Lipinski definition) is 2. The largest absolute Gasteiger partial charge is 0.396 e. The van der Waals surface area contributed by atoms with Gasteiger partial charge in [0.05, 0.1) is 13.2 Å². The molecule has 0 saturated carbocycles. The molecule has 0 bridgehead atoms. The number of halogens is 1. The van der Waals surface area contributed by atoms with E-state index in [-0.39, 0.29) is 25.6 Å². The third kappa shape index (κ3) is 13.8. The van der Waals surface area contributed by atoms with Crippen LogP contribution in [0.5, 0.6) is 0 Å². The van der Waals surface area contributed by atoms with Gasteiger partial charge in [0.2, 0.25) is 0 Å². The quantitative estimate of drug-likeness (QED) is 0.622. The molecule has 0 heterocycles. The Kier molecular flexibility index (Phi) is 17.7. The average molecular weight is 219 g/mol. The maximum atomic E-state index is 8.40. The highest BCUT2D eigenvalue weighted by molar-refractivity contribution is 8.02. The van der Waals surface area contributed by atoms with Crippen molar-refractivity contribution in [1.82, 2.24) is 0 Å². The minimum absolute atomic E-state index is 0. The van der Waals surface area contributed by atoms with E-state index >= 15 is 0 Å². The van der Waals surface area contributed by atoms with Gasteiger partial charge >= 0.3 is 0 Å². The first-order valence-electron chi connectivity index (χ1n) is 3.29. The van der Waals surface area contributed by atoms with Crippen LogP contribution in [0.15, 0.2) is 0 Å². The monoisotopic (exact) mass is 218 g/mol. The van der Waals surface area contributed by atoms with Gasteiger partial charge in [0.1, 0.15) is 0 Å². The van der Waals surface area contributed by atoms with Crippen LogP contribution in [0, 0.1) is 0 Å². The van der Waals surface area contributed by atoms with E-state index < -0.39 is 0 Å². The average Bonchev–Trinajstić information content (AvgIpc) is 1.97. The van der Waals surface area contributed by atoms with Gasteiger partial charge in [0.25, 0.3) is 0 Å². The van der Waals surface area contributed by atoms with E-state index in [1.807, 2.05) is 0 Å². The smallest absolute Gasteiger partial charge is 0.0521 e. The van der Waals surface area contributed by atoms with Crippen LogP contribution in [0.3, 0.4) is 0 Å². The molecule has 5 heteroatoms. The topological polar surface area (TPSA) is 40.5 Å². The van der Waals surface area contributed by atoms with Gasteiger partial charge in [-0.05, 0) is 0 Å². The standard InChI is InChI=1S/C6H14O2S2.ClH/c7-1-3-9-5-6-10-4-2-8;/h7-8H,1-6H2;1H. The van der Waals surface area contributed by atoms with Crippen LogP contribution in [-0.4, -0.2) is 46.4 Å². The Morgan fingerprint density at radius 3 is 1.36 bits per heavy atom. The summed E-state index contributed by atoms with van der Waals surface area (Å²) in [6, 6.07) is 0. The van der Waals surface area contributed by atoms with E-state index in [9.17, 15) is 0 Å². The Balaban J connectivity index is 0. The Morgan fingerprint density at radius 2 is 1.09 bits per heavy atom. The number of hydrogen-bond acceptors (Lipinski definition) is 4. The molecule has 0 rings (SSSR count). The molecule has 11 heavy (non-hydrogen) atoms. The number of aliphatic hydroxyl groups excluding tert-OH is 2. The van der Waals surface area contributed by atoms with E-state index in [2.05, 4.69) is 0 Å². The summed E-state index contributed by atoms with van der Waals surface area (Å²) in [7, 11) is 0. The Labute approximate surface area is 82.6 Å². The van der Waals surface area contributed by atoms with Crippen molar-refractivity contribution in [2.45, 2.75) is 0 Å². The minimum Gasteiger partial charge on any atom is -0.396 e.